The molecule has 0 bridgehead atoms. The fourth-order valence-electron chi connectivity index (χ4n) is 3.41. The van der Waals surface area contributed by atoms with Gasteiger partial charge in [0, 0.05) is 24.8 Å². The number of rotatable bonds is 6. The second kappa shape index (κ2) is 8.78. The number of fused-ring (bicyclic) bond motifs is 1. The molecule has 2 atom stereocenters. The van der Waals surface area contributed by atoms with Gasteiger partial charge in [0.2, 0.25) is 0 Å². The van der Waals surface area contributed by atoms with Crippen LogP contribution in [0.2, 0.25) is 0 Å². The van der Waals surface area contributed by atoms with Crippen molar-refractivity contribution in [2.75, 3.05) is 25.6 Å². The Morgan fingerprint density at radius 1 is 1.39 bits per heavy atom. The molecule has 1 aromatic carbocycles. The number of nitrogens with zero attached hydrogens (tertiary/aromatic N) is 3. The van der Waals surface area contributed by atoms with Gasteiger partial charge in [-0.2, -0.15) is 5.10 Å². The fourth-order valence-corrected chi connectivity index (χ4v) is 3.41. The molecule has 4 N–H and O–H groups in total. The maximum atomic E-state index is 13.9. The molecule has 1 fully saturated rings. The Bertz CT molecular complexity index is 1110. The maximum Gasteiger partial charge on any atom is 0.270 e. The van der Waals surface area contributed by atoms with Crippen molar-refractivity contribution in [1.82, 2.24) is 25.5 Å². The Balaban J connectivity index is 1.58. The standard InChI is InChI=1S/C19H20F2N6O4/c1-30-16-9(4-10(20)5-11(16)21)6-22-19(29)15-14-17(23-8-24-18(14)27-26-15)25-12-7-31-3-2-13(12)28/h4-5,8,12-13,28H,2-3,6-7H2,1H3,(H,22,29)(H2,23,24,25,26,27)/t12-,13-/m1/s1. The minimum Gasteiger partial charge on any atom is -0.493 e. The Morgan fingerprint density at radius 2 is 2.23 bits per heavy atom. The summed E-state index contributed by atoms with van der Waals surface area (Å²) in [6.45, 7) is 0.543. The molecule has 1 aliphatic heterocycles. The van der Waals surface area contributed by atoms with Gasteiger partial charge in [-0.05, 0) is 12.5 Å². The number of carbonyl (C=O) groups excluding carboxylic acids is 1. The Kier molecular flexibility index (Phi) is 5.91. The molecule has 2 aromatic heterocycles. The van der Waals surface area contributed by atoms with Gasteiger partial charge in [0.05, 0.1) is 31.2 Å². The van der Waals surface area contributed by atoms with E-state index in [1.54, 1.807) is 0 Å². The van der Waals surface area contributed by atoms with Crippen LogP contribution in [0.4, 0.5) is 14.6 Å². The van der Waals surface area contributed by atoms with Crippen molar-refractivity contribution in [2.45, 2.75) is 25.1 Å². The minimum absolute atomic E-state index is 0.0557. The first-order valence-electron chi connectivity index (χ1n) is 9.49. The predicted octanol–water partition coefficient (Wildman–Crippen LogP) is 1.13. The molecule has 0 radical (unpaired) electrons. The van der Waals surface area contributed by atoms with E-state index < -0.39 is 29.7 Å². The number of H-pyrrole nitrogens is 1. The third-order valence-corrected chi connectivity index (χ3v) is 4.95. The number of benzene rings is 1. The molecule has 1 saturated heterocycles. The molecule has 12 heteroatoms. The van der Waals surface area contributed by atoms with E-state index in [2.05, 4.69) is 30.8 Å². The second-order valence-electron chi connectivity index (χ2n) is 6.96. The van der Waals surface area contributed by atoms with Gasteiger partial charge in [-0.15, -0.1) is 0 Å². The van der Waals surface area contributed by atoms with E-state index in [4.69, 9.17) is 9.47 Å². The topological polar surface area (TPSA) is 134 Å². The zero-order chi connectivity index (χ0) is 22.0. The van der Waals surface area contributed by atoms with Gasteiger partial charge in [-0.3, -0.25) is 9.89 Å². The van der Waals surface area contributed by atoms with Crippen LogP contribution in [0.5, 0.6) is 5.75 Å². The molecule has 0 unspecified atom stereocenters. The van der Waals surface area contributed by atoms with Crippen LogP contribution in [0.15, 0.2) is 18.5 Å². The van der Waals surface area contributed by atoms with Gasteiger partial charge in [0.1, 0.15) is 23.7 Å². The van der Waals surface area contributed by atoms with Crippen LogP contribution in [0.25, 0.3) is 11.0 Å². The summed E-state index contributed by atoms with van der Waals surface area (Å²) in [5, 5.41) is 22.8. The molecule has 164 valence electrons. The van der Waals surface area contributed by atoms with E-state index in [9.17, 15) is 18.7 Å². The van der Waals surface area contributed by atoms with Crippen LogP contribution in [0.3, 0.4) is 0 Å². The number of amides is 1. The van der Waals surface area contributed by atoms with Gasteiger partial charge in [-0.25, -0.2) is 18.7 Å². The number of carbonyl (C=O) groups is 1. The highest BCUT2D eigenvalue weighted by molar-refractivity contribution is 6.07. The number of hydrogen-bond acceptors (Lipinski definition) is 8. The molecular formula is C19H20F2N6O4. The van der Waals surface area contributed by atoms with E-state index >= 15 is 0 Å². The lowest BCUT2D eigenvalue weighted by molar-refractivity contribution is 0.00308. The average molecular weight is 434 g/mol. The quantitative estimate of drug-likeness (QED) is 0.454. The Morgan fingerprint density at radius 3 is 3.00 bits per heavy atom. The van der Waals surface area contributed by atoms with Crippen LogP contribution in [0.1, 0.15) is 22.5 Å². The molecule has 31 heavy (non-hydrogen) atoms. The first-order valence-corrected chi connectivity index (χ1v) is 9.49. The number of anilines is 1. The van der Waals surface area contributed by atoms with Crippen molar-refractivity contribution in [3.8, 4) is 5.75 Å². The van der Waals surface area contributed by atoms with Gasteiger partial charge in [0.25, 0.3) is 5.91 Å². The number of ether oxygens (including phenoxy) is 2. The summed E-state index contributed by atoms with van der Waals surface area (Å²) in [7, 11) is 1.25. The lowest BCUT2D eigenvalue weighted by Gasteiger charge is -2.28. The van der Waals surface area contributed by atoms with Crippen molar-refractivity contribution < 1.29 is 28.2 Å². The third-order valence-electron chi connectivity index (χ3n) is 4.95. The van der Waals surface area contributed by atoms with E-state index in [-0.39, 0.29) is 35.8 Å². The largest absolute Gasteiger partial charge is 0.493 e. The molecule has 3 aromatic rings. The van der Waals surface area contributed by atoms with Crippen molar-refractivity contribution in [2.24, 2.45) is 0 Å². The number of halogens is 2. The van der Waals surface area contributed by atoms with Crippen molar-refractivity contribution in [3.05, 3.63) is 41.4 Å². The summed E-state index contributed by atoms with van der Waals surface area (Å²) < 4.78 is 37.8. The summed E-state index contributed by atoms with van der Waals surface area (Å²) in [5.74, 6) is -2.11. The first kappa shape index (κ1) is 20.9. The average Bonchev–Trinajstić information content (AvgIpc) is 3.18. The normalized spacial score (nSPS) is 18.7. The van der Waals surface area contributed by atoms with Crippen molar-refractivity contribution >= 4 is 22.8 Å². The summed E-state index contributed by atoms with van der Waals surface area (Å²) in [4.78, 5) is 21.0. The summed E-state index contributed by atoms with van der Waals surface area (Å²) in [6, 6.07) is 1.36. The SMILES string of the molecule is COc1c(F)cc(F)cc1CNC(=O)c1[nH]nc2ncnc(N[C@@H]3COCC[C@H]3O)c12. The number of hydrogen-bond donors (Lipinski definition) is 4. The lowest BCUT2D eigenvalue weighted by atomic mass is 10.1. The minimum atomic E-state index is -0.869. The molecule has 10 nitrogen and oxygen atoms in total. The number of aliphatic hydroxyl groups excluding tert-OH is 1. The van der Waals surface area contributed by atoms with E-state index in [0.29, 0.717) is 30.3 Å². The highest BCUT2D eigenvalue weighted by atomic mass is 19.1. The highest BCUT2D eigenvalue weighted by Gasteiger charge is 2.26. The van der Waals surface area contributed by atoms with Gasteiger partial charge in [-0.1, -0.05) is 0 Å². The summed E-state index contributed by atoms with van der Waals surface area (Å²) in [5.41, 5.74) is 0.428. The Labute approximate surface area is 175 Å². The van der Waals surface area contributed by atoms with Crippen LogP contribution < -0.4 is 15.4 Å². The molecule has 3 heterocycles. The molecular weight excluding hydrogens is 414 g/mol. The zero-order valence-corrected chi connectivity index (χ0v) is 16.5. The first-order chi connectivity index (χ1) is 15.0. The molecule has 0 saturated carbocycles. The Hall–Kier alpha value is -3.38. The number of aliphatic hydroxyl groups is 1. The second-order valence-corrected chi connectivity index (χ2v) is 6.96. The number of aromatic amines is 1. The highest BCUT2D eigenvalue weighted by Crippen LogP contribution is 2.26. The third kappa shape index (κ3) is 4.25. The van der Waals surface area contributed by atoms with E-state index in [0.717, 1.165) is 6.07 Å². The van der Waals surface area contributed by atoms with Crippen LogP contribution in [0, 0.1) is 11.6 Å². The van der Waals surface area contributed by atoms with Crippen LogP contribution in [-0.4, -0.2) is 63.6 Å². The van der Waals surface area contributed by atoms with Crippen LogP contribution in [-0.2, 0) is 11.3 Å². The molecule has 0 aliphatic carbocycles. The monoisotopic (exact) mass is 434 g/mol. The molecule has 0 spiro atoms. The molecule has 1 aliphatic rings. The fraction of sp³-hybridized carbons (Fsp3) is 0.368. The van der Waals surface area contributed by atoms with Crippen molar-refractivity contribution in [3.63, 3.8) is 0 Å². The van der Waals surface area contributed by atoms with Crippen LogP contribution >= 0.6 is 0 Å². The predicted molar refractivity (Wildman–Crippen MR) is 105 cm³/mol. The molecule has 4 rings (SSSR count). The van der Waals surface area contributed by atoms with E-state index in [1.165, 1.54) is 13.4 Å². The number of methoxy groups -OCH3 is 1. The maximum absolute atomic E-state index is 13.9. The molecule has 1 amide bonds. The summed E-state index contributed by atoms with van der Waals surface area (Å²) >= 11 is 0. The lowest BCUT2D eigenvalue weighted by Crippen LogP contribution is -2.42. The van der Waals surface area contributed by atoms with Gasteiger partial charge in [0.15, 0.2) is 17.2 Å². The summed E-state index contributed by atoms with van der Waals surface area (Å²) in [6.07, 6.45) is 1.11. The zero-order valence-electron chi connectivity index (χ0n) is 16.5. The van der Waals surface area contributed by atoms with E-state index in [1.807, 2.05) is 0 Å². The smallest absolute Gasteiger partial charge is 0.270 e. The van der Waals surface area contributed by atoms with Crippen molar-refractivity contribution in [1.29, 1.82) is 0 Å². The number of aromatic nitrogens is 4. The van der Waals surface area contributed by atoms with Gasteiger partial charge < -0.3 is 25.2 Å². The van der Waals surface area contributed by atoms with Gasteiger partial charge >= 0.3 is 0 Å². The number of nitrogens with one attached hydrogen (secondary N) is 3.